The average Bonchev–Trinajstić information content (AvgIpc) is 3.15. The smallest absolute Gasteiger partial charge is 0.326 e. The number of fused-ring (bicyclic) bond motifs is 1. The Morgan fingerprint density at radius 2 is 1.94 bits per heavy atom. The van der Waals surface area contributed by atoms with Crippen molar-refractivity contribution in [3.63, 3.8) is 0 Å². The Morgan fingerprint density at radius 1 is 1.25 bits per heavy atom. The Morgan fingerprint density at radius 3 is 2.53 bits per heavy atom. The maximum Gasteiger partial charge on any atom is 0.326 e. The van der Waals surface area contributed by atoms with Crippen LogP contribution >= 0.6 is 23.2 Å². The van der Waals surface area contributed by atoms with Gasteiger partial charge in [-0.25, -0.2) is 4.79 Å². The van der Waals surface area contributed by atoms with Crippen LogP contribution in [0, 0.1) is 5.41 Å². The van der Waals surface area contributed by atoms with Gasteiger partial charge >= 0.3 is 5.97 Å². The summed E-state index contributed by atoms with van der Waals surface area (Å²) < 4.78 is 0. The number of carbonyl (C=O) groups is 3. The summed E-state index contributed by atoms with van der Waals surface area (Å²) >= 11 is 12.3. The van der Waals surface area contributed by atoms with Crippen LogP contribution in [0.2, 0.25) is 10.0 Å². The first kappa shape index (κ1) is 22.3. The molecule has 4 rings (SSSR count). The van der Waals surface area contributed by atoms with Crippen LogP contribution in [-0.4, -0.2) is 40.3 Å². The van der Waals surface area contributed by atoms with Crippen LogP contribution in [0.3, 0.4) is 0 Å². The van der Waals surface area contributed by atoms with Gasteiger partial charge in [0.25, 0.3) is 5.91 Å². The monoisotopic (exact) mass is 473 g/mol. The number of nitrogens with zero attached hydrogens (tertiary/aromatic N) is 2. The van der Waals surface area contributed by atoms with Crippen LogP contribution < -0.4 is 10.2 Å². The SMILES string of the molecule is CC1(C)C(=O)C=C1NC(Cc1ccc2c(c1)CCN2C(=O)c1c(Cl)cncc1Cl)C(=O)O. The predicted octanol–water partition coefficient (Wildman–Crippen LogP) is 3.67. The molecule has 166 valence electrons. The van der Waals surface area contributed by atoms with Crippen molar-refractivity contribution in [2.24, 2.45) is 5.41 Å². The van der Waals surface area contributed by atoms with Gasteiger partial charge in [0.1, 0.15) is 6.04 Å². The van der Waals surface area contributed by atoms with E-state index < -0.39 is 17.4 Å². The highest BCUT2D eigenvalue weighted by molar-refractivity contribution is 6.40. The van der Waals surface area contributed by atoms with Crippen molar-refractivity contribution >= 4 is 46.5 Å². The highest BCUT2D eigenvalue weighted by Crippen LogP contribution is 2.36. The van der Waals surface area contributed by atoms with E-state index in [4.69, 9.17) is 23.2 Å². The number of anilines is 1. The van der Waals surface area contributed by atoms with Gasteiger partial charge in [-0.1, -0.05) is 35.3 Å². The number of amides is 1. The number of carboxylic acid groups (broad SMARTS) is 1. The second kappa shape index (κ2) is 8.22. The molecule has 1 aromatic heterocycles. The van der Waals surface area contributed by atoms with Crippen molar-refractivity contribution in [3.05, 3.63) is 69.1 Å². The summed E-state index contributed by atoms with van der Waals surface area (Å²) in [6.45, 7) is 3.99. The van der Waals surface area contributed by atoms with Crippen LogP contribution in [0.15, 0.2) is 42.4 Å². The molecule has 1 aliphatic heterocycles. The number of hydrogen-bond acceptors (Lipinski definition) is 5. The van der Waals surface area contributed by atoms with Crippen LogP contribution in [0.4, 0.5) is 5.69 Å². The molecular formula is C23H21Cl2N3O4. The molecule has 2 heterocycles. The fourth-order valence-electron chi connectivity index (χ4n) is 3.94. The lowest BCUT2D eigenvalue weighted by Gasteiger charge is -2.35. The number of benzene rings is 1. The van der Waals surface area contributed by atoms with Crippen molar-refractivity contribution in [1.82, 2.24) is 10.3 Å². The Bertz CT molecular complexity index is 1160. The normalized spacial score (nSPS) is 17.3. The van der Waals surface area contributed by atoms with Crippen LogP contribution in [0.25, 0.3) is 0 Å². The van der Waals surface area contributed by atoms with Crippen molar-refractivity contribution in [3.8, 4) is 0 Å². The zero-order chi connectivity index (χ0) is 23.2. The number of aliphatic carboxylic acids is 1. The third kappa shape index (κ3) is 3.87. The Hall–Kier alpha value is -2.90. The number of carboxylic acids is 1. The molecule has 1 amide bonds. The van der Waals surface area contributed by atoms with Gasteiger partial charge in [-0.3, -0.25) is 14.6 Å². The van der Waals surface area contributed by atoms with Gasteiger partial charge in [0.15, 0.2) is 5.78 Å². The number of hydrogen-bond donors (Lipinski definition) is 2. The van der Waals surface area contributed by atoms with Crippen LogP contribution in [0.5, 0.6) is 0 Å². The van der Waals surface area contributed by atoms with Crippen molar-refractivity contribution in [2.75, 3.05) is 11.4 Å². The highest BCUT2D eigenvalue weighted by atomic mass is 35.5. The zero-order valence-corrected chi connectivity index (χ0v) is 19.0. The Labute approximate surface area is 195 Å². The van der Waals surface area contributed by atoms with Gasteiger partial charge in [-0.15, -0.1) is 0 Å². The molecule has 0 saturated carbocycles. The number of allylic oxidation sites excluding steroid dienone is 2. The lowest BCUT2D eigenvalue weighted by Crippen LogP contribution is -2.48. The van der Waals surface area contributed by atoms with Gasteiger partial charge in [-0.2, -0.15) is 0 Å². The number of carbonyl (C=O) groups excluding carboxylic acids is 2. The fraction of sp³-hybridized carbons (Fsp3) is 0.304. The number of halogens is 2. The first-order chi connectivity index (χ1) is 15.1. The molecule has 0 fully saturated rings. The van der Waals surface area contributed by atoms with Crippen LogP contribution in [-0.2, 0) is 22.4 Å². The molecule has 2 aliphatic rings. The number of rotatable bonds is 6. The van der Waals surface area contributed by atoms with Gasteiger partial charge < -0.3 is 15.3 Å². The molecule has 0 spiro atoms. The third-order valence-corrected chi connectivity index (χ3v) is 6.56. The third-order valence-electron chi connectivity index (χ3n) is 5.98. The van der Waals surface area contributed by atoms with E-state index in [-0.39, 0.29) is 33.7 Å². The summed E-state index contributed by atoms with van der Waals surface area (Å²) in [5.41, 5.74) is 2.65. The molecule has 0 saturated heterocycles. The number of pyridine rings is 1. The van der Waals surface area contributed by atoms with E-state index >= 15 is 0 Å². The lowest BCUT2D eigenvalue weighted by molar-refractivity contribution is -0.139. The predicted molar refractivity (Wildman–Crippen MR) is 121 cm³/mol. The Kier molecular flexibility index (Phi) is 5.73. The molecule has 1 atom stereocenters. The van der Waals surface area contributed by atoms with Crippen molar-refractivity contribution in [2.45, 2.75) is 32.7 Å². The number of aromatic nitrogens is 1. The van der Waals surface area contributed by atoms with E-state index in [9.17, 15) is 19.5 Å². The van der Waals surface area contributed by atoms with E-state index in [1.165, 1.54) is 18.5 Å². The standard InChI is InChI=1S/C23H21Cl2N3O4/c1-23(2)18(9-19(23)29)27-16(22(31)32)8-12-3-4-17-13(7-12)5-6-28(17)21(30)20-14(24)10-26-11-15(20)25/h3-4,7,9-11,16,27H,5-6,8H2,1-2H3,(H,31,32). The number of nitrogens with one attached hydrogen (secondary N) is 1. The van der Waals surface area contributed by atoms with Crippen LogP contribution in [0.1, 0.15) is 35.3 Å². The summed E-state index contributed by atoms with van der Waals surface area (Å²) in [5.74, 6) is -1.33. The molecule has 1 unspecified atom stereocenters. The zero-order valence-electron chi connectivity index (χ0n) is 17.5. The first-order valence-corrected chi connectivity index (χ1v) is 10.8. The minimum atomic E-state index is -1.000. The molecule has 0 radical (unpaired) electrons. The molecule has 0 bridgehead atoms. The highest BCUT2D eigenvalue weighted by Gasteiger charge is 2.41. The summed E-state index contributed by atoms with van der Waals surface area (Å²) in [4.78, 5) is 42.1. The summed E-state index contributed by atoms with van der Waals surface area (Å²) in [6, 6.07) is 4.67. The molecule has 2 N–H and O–H groups in total. The fourth-order valence-corrected chi connectivity index (χ4v) is 4.46. The Balaban J connectivity index is 1.53. The van der Waals surface area contributed by atoms with Gasteiger partial charge in [-0.05, 0) is 37.5 Å². The van der Waals surface area contributed by atoms with E-state index in [2.05, 4.69) is 10.3 Å². The minimum Gasteiger partial charge on any atom is -0.480 e. The van der Waals surface area contributed by atoms with Crippen molar-refractivity contribution < 1.29 is 19.5 Å². The second-order valence-corrected chi connectivity index (χ2v) is 9.25. The molecule has 7 nitrogen and oxygen atoms in total. The quantitative estimate of drug-likeness (QED) is 0.663. The van der Waals surface area contributed by atoms with Gasteiger partial charge in [0.2, 0.25) is 0 Å². The molecule has 9 heteroatoms. The van der Waals surface area contributed by atoms with E-state index in [1.54, 1.807) is 18.7 Å². The topological polar surface area (TPSA) is 99.6 Å². The van der Waals surface area contributed by atoms with Crippen molar-refractivity contribution in [1.29, 1.82) is 0 Å². The molecule has 2 aromatic rings. The van der Waals surface area contributed by atoms with Gasteiger partial charge in [0, 0.05) is 42.8 Å². The number of ketones is 1. The summed E-state index contributed by atoms with van der Waals surface area (Å²) in [6.07, 6.45) is 5.07. The summed E-state index contributed by atoms with van der Waals surface area (Å²) in [7, 11) is 0. The maximum atomic E-state index is 13.1. The second-order valence-electron chi connectivity index (χ2n) is 8.43. The molecule has 1 aliphatic carbocycles. The lowest BCUT2D eigenvalue weighted by atomic mass is 9.74. The maximum absolute atomic E-state index is 13.1. The average molecular weight is 474 g/mol. The molecule has 1 aromatic carbocycles. The van der Waals surface area contributed by atoms with E-state index in [0.717, 1.165) is 16.8 Å². The van der Waals surface area contributed by atoms with E-state index in [0.29, 0.717) is 18.7 Å². The molecular weight excluding hydrogens is 453 g/mol. The minimum absolute atomic E-state index is 0.0270. The summed E-state index contributed by atoms with van der Waals surface area (Å²) in [5, 5.41) is 13.0. The van der Waals surface area contributed by atoms with Gasteiger partial charge in [0.05, 0.1) is 21.0 Å². The largest absolute Gasteiger partial charge is 0.480 e. The molecule has 32 heavy (non-hydrogen) atoms. The van der Waals surface area contributed by atoms with E-state index in [1.807, 2.05) is 18.2 Å². The first-order valence-electron chi connectivity index (χ1n) is 10.1.